The first-order valence-corrected chi connectivity index (χ1v) is 7.08. The highest BCUT2D eigenvalue weighted by Gasteiger charge is 2.47. The Hall–Kier alpha value is -1.06. The first-order valence-electron chi connectivity index (χ1n) is 7.08. The van der Waals surface area contributed by atoms with E-state index in [0.29, 0.717) is 12.5 Å². The Labute approximate surface area is 108 Å². The lowest BCUT2D eigenvalue weighted by Gasteiger charge is -2.35. The van der Waals surface area contributed by atoms with Crippen molar-refractivity contribution in [3.05, 3.63) is 0 Å². The first-order chi connectivity index (χ1) is 8.59. The lowest BCUT2D eigenvalue weighted by molar-refractivity contribution is -0.155. The maximum absolute atomic E-state index is 12.1. The zero-order chi connectivity index (χ0) is 13.2. The summed E-state index contributed by atoms with van der Waals surface area (Å²) < 4.78 is 5.16. The van der Waals surface area contributed by atoms with E-state index in [-0.39, 0.29) is 17.8 Å². The van der Waals surface area contributed by atoms with Crippen molar-refractivity contribution in [1.29, 1.82) is 0 Å². The number of rotatable bonds is 4. The van der Waals surface area contributed by atoms with Gasteiger partial charge in [0.1, 0.15) is 5.54 Å². The largest absolute Gasteiger partial charge is 0.464 e. The molecule has 0 saturated heterocycles. The molecule has 2 atom stereocenters. The van der Waals surface area contributed by atoms with E-state index in [4.69, 9.17) is 4.74 Å². The van der Waals surface area contributed by atoms with Crippen molar-refractivity contribution in [2.24, 2.45) is 11.8 Å². The summed E-state index contributed by atoms with van der Waals surface area (Å²) in [7, 11) is 0. The average molecular weight is 253 g/mol. The second kappa shape index (κ2) is 5.29. The fraction of sp³-hybridized carbons (Fsp3) is 0.857. The molecule has 0 aliphatic heterocycles. The number of esters is 1. The van der Waals surface area contributed by atoms with Crippen molar-refractivity contribution in [1.82, 2.24) is 5.32 Å². The Morgan fingerprint density at radius 2 is 1.89 bits per heavy atom. The van der Waals surface area contributed by atoms with Crippen molar-refractivity contribution < 1.29 is 14.3 Å². The molecule has 0 aromatic carbocycles. The van der Waals surface area contributed by atoms with Gasteiger partial charge in [-0.25, -0.2) is 4.79 Å². The summed E-state index contributed by atoms with van der Waals surface area (Å²) in [5.41, 5.74) is -0.742. The van der Waals surface area contributed by atoms with Gasteiger partial charge in [-0.1, -0.05) is 26.2 Å². The van der Waals surface area contributed by atoms with E-state index >= 15 is 0 Å². The highest BCUT2D eigenvalue weighted by molar-refractivity contribution is 5.90. The van der Waals surface area contributed by atoms with Gasteiger partial charge in [0.25, 0.3) is 0 Å². The fourth-order valence-corrected chi connectivity index (χ4v) is 2.82. The molecule has 1 N–H and O–H groups in total. The minimum absolute atomic E-state index is 0.0393. The Bertz CT molecular complexity index is 334. The fourth-order valence-electron chi connectivity index (χ4n) is 2.82. The molecular formula is C14H23NO3. The Kier molecular flexibility index (Phi) is 3.93. The Morgan fingerprint density at radius 3 is 2.39 bits per heavy atom. The molecule has 0 heterocycles. The molecule has 4 nitrogen and oxygen atoms in total. The van der Waals surface area contributed by atoms with Gasteiger partial charge in [0.05, 0.1) is 6.61 Å². The minimum Gasteiger partial charge on any atom is -0.464 e. The molecule has 0 spiro atoms. The number of amides is 1. The summed E-state index contributed by atoms with van der Waals surface area (Å²) in [5, 5.41) is 3.00. The van der Waals surface area contributed by atoms with E-state index < -0.39 is 5.54 Å². The van der Waals surface area contributed by atoms with Crippen LogP contribution in [-0.2, 0) is 14.3 Å². The van der Waals surface area contributed by atoms with Crippen molar-refractivity contribution in [2.75, 3.05) is 6.61 Å². The highest BCUT2D eigenvalue weighted by Crippen LogP contribution is 2.39. The van der Waals surface area contributed by atoms with Crippen molar-refractivity contribution in [2.45, 2.75) is 57.9 Å². The third-order valence-electron chi connectivity index (χ3n) is 4.18. The van der Waals surface area contributed by atoms with E-state index in [1.165, 1.54) is 0 Å². The molecule has 0 unspecified atom stereocenters. The second-order valence-electron chi connectivity index (χ2n) is 5.67. The van der Waals surface area contributed by atoms with Crippen LogP contribution in [0, 0.1) is 11.8 Å². The van der Waals surface area contributed by atoms with Crippen LogP contribution in [-0.4, -0.2) is 24.0 Å². The second-order valence-corrected chi connectivity index (χ2v) is 5.67. The van der Waals surface area contributed by atoms with E-state index in [0.717, 1.165) is 38.5 Å². The lowest BCUT2D eigenvalue weighted by atomic mass is 9.81. The van der Waals surface area contributed by atoms with E-state index in [1.807, 2.05) is 0 Å². The topological polar surface area (TPSA) is 55.4 Å². The molecule has 0 aromatic heterocycles. The number of nitrogens with one attached hydrogen (secondary N) is 1. The Balaban J connectivity index is 2.04. The average Bonchev–Trinajstić information content (AvgIpc) is 3.08. The third-order valence-corrected chi connectivity index (χ3v) is 4.18. The van der Waals surface area contributed by atoms with Gasteiger partial charge in [0, 0.05) is 5.92 Å². The van der Waals surface area contributed by atoms with Crippen LogP contribution in [0.1, 0.15) is 52.4 Å². The van der Waals surface area contributed by atoms with Crippen molar-refractivity contribution >= 4 is 11.9 Å². The van der Waals surface area contributed by atoms with Gasteiger partial charge in [-0.3, -0.25) is 4.79 Å². The quantitative estimate of drug-likeness (QED) is 0.780. The van der Waals surface area contributed by atoms with Gasteiger partial charge < -0.3 is 10.1 Å². The summed E-state index contributed by atoms with van der Waals surface area (Å²) in [6, 6.07) is 0. The first kappa shape index (κ1) is 13.4. The molecule has 0 bridgehead atoms. The number of hydrogen-bond donors (Lipinski definition) is 1. The zero-order valence-electron chi connectivity index (χ0n) is 11.3. The molecule has 4 heteroatoms. The van der Waals surface area contributed by atoms with Gasteiger partial charge in [0.2, 0.25) is 5.91 Å². The SMILES string of the molecule is CCOC(=O)C1(NC(=O)[C@H]2C[C@@H]2C)CCCCC1. The van der Waals surface area contributed by atoms with Gasteiger partial charge in [0.15, 0.2) is 0 Å². The maximum atomic E-state index is 12.1. The Morgan fingerprint density at radius 1 is 1.28 bits per heavy atom. The molecule has 102 valence electrons. The normalized spacial score (nSPS) is 29.4. The van der Waals surface area contributed by atoms with Gasteiger partial charge in [-0.05, 0) is 32.1 Å². The predicted molar refractivity (Wildman–Crippen MR) is 67.9 cm³/mol. The molecule has 2 aliphatic rings. The maximum Gasteiger partial charge on any atom is 0.331 e. The van der Waals surface area contributed by atoms with E-state index in [1.54, 1.807) is 6.92 Å². The molecule has 2 aliphatic carbocycles. The summed E-state index contributed by atoms with van der Waals surface area (Å²) in [4.78, 5) is 24.2. The summed E-state index contributed by atoms with van der Waals surface area (Å²) in [6.45, 7) is 4.25. The monoisotopic (exact) mass is 253 g/mol. The number of hydrogen-bond acceptors (Lipinski definition) is 3. The van der Waals surface area contributed by atoms with E-state index in [9.17, 15) is 9.59 Å². The van der Waals surface area contributed by atoms with Crippen LogP contribution >= 0.6 is 0 Å². The van der Waals surface area contributed by atoms with Gasteiger partial charge >= 0.3 is 5.97 Å². The standard InChI is InChI=1S/C14H23NO3/c1-3-18-13(17)14(7-5-4-6-8-14)15-12(16)11-9-10(11)2/h10-11H,3-9H2,1-2H3,(H,15,16)/t10-,11-/m0/s1. The predicted octanol–water partition coefficient (Wildman–Crippen LogP) is 2.02. The number of carbonyl (C=O) groups is 2. The molecule has 1 amide bonds. The van der Waals surface area contributed by atoms with Crippen LogP contribution in [0.5, 0.6) is 0 Å². The molecule has 18 heavy (non-hydrogen) atoms. The van der Waals surface area contributed by atoms with E-state index in [2.05, 4.69) is 12.2 Å². The molecule has 0 radical (unpaired) electrons. The van der Waals surface area contributed by atoms with Crippen LogP contribution in [0.2, 0.25) is 0 Å². The van der Waals surface area contributed by atoms with Gasteiger partial charge in [-0.2, -0.15) is 0 Å². The van der Waals surface area contributed by atoms with Crippen LogP contribution in [0.25, 0.3) is 0 Å². The van der Waals surface area contributed by atoms with Crippen LogP contribution < -0.4 is 5.32 Å². The molecule has 2 rings (SSSR count). The summed E-state index contributed by atoms with van der Waals surface area (Å²) in [6.07, 6.45) is 5.50. The van der Waals surface area contributed by atoms with Crippen LogP contribution in [0.15, 0.2) is 0 Å². The third kappa shape index (κ3) is 2.68. The number of carbonyl (C=O) groups excluding carboxylic acids is 2. The highest BCUT2D eigenvalue weighted by atomic mass is 16.5. The summed E-state index contributed by atoms with van der Waals surface area (Å²) >= 11 is 0. The van der Waals surface area contributed by atoms with Crippen molar-refractivity contribution in [3.8, 4) is 0 Å². The lowest BCUT2D eigenvalue weighted by Crippen LogP contribution is -2.56. The van der Waals surface area contributed by atoms with Crippen LogP contribution in [0.3, 0.4) is 0 Å². The summed E-state index contributed by atoms with van der Waals surface area (Å²) in [5.74, 6) is 0.370. The zero-order valence-corrected chi connectivity index (χ0v) is 11.3. The van der Waals surface area contributed by atoms with Crippen LogP contribution in [0.4, 0.5) is 0 Å². The molecule has 2 fully saturated rings. The number of ether oxygens (including phenoxy) is 1. The van der Waals surface area contributed by atoms with Crippen molar-refractivity contribution in [3.63, 3.8) is 0 Å². The minimum atomic E-state index is -0.742. The molecule has 0 aromatic rings. The smallest absolute Gasteiger partial charge is 0.331 e. The molecular weight excluding hydrogens is 230 g/mol. The van der Waals surface area contributed by atoms with Gasteiger partial charge in [-0.15, -0.1) is 0 Å². The molecule has 2 saturated carbocycles.